The molecule has 0 aliphatic rings. The summed E-state index contributed by atoms with van der Waals surface area (Å²) in [4.78, 5) is 16.3. The van der Waals surface area contributed by atoms with E-state index in [4.69, 9.17) is 5.73 Å². The lowest BCUT2D eigenvalue weighted by atomic mass is 9.99. The molecule has 0 saturated carbocycles. The summed E-state index contributed by atoms with van der Waals surface area (Å²) in [7, 11) is 0. The largest absolute Gasteiger partial charge is 0.381 e. The third-order valence-electron chi connectivity index (χ3n) is 4.61. The molecule has 2 aromatic carbocycles. The molecule has 0 bridgehead atoms. The summed E-state index contributed by atoms with van der Waals surface area (Å²) in [5.74, 6) is -0.272. The molecule has 1 heterocycles. The van der Waals surface area contributed by atoms with Crippen molar-refractivity contribution in [3.05, 3.63) is 80.1 Å². The maximum Gasteiger partial charge on any atom is 0.254 e. The Bertz CT molecular complexity index is 1290. The molecule has 3 aromatic rings. The van der Waals surface area contributed by atoms with Crippen LogP contribution in [0.25, 0.3) is 0 Å². The third kappa shape index (κ3) is 5.54. The van der Waals surface area contributed by atoms with Gasteiger partial charge in [-0.3, -0.25) is 4.79 Å². The number of amides is 1. The van der Waals surface area contributed by atoms with Crippen molar-refractivity contribution in [2.75, 3.05) is 17.6 Å². The molecule has 0 spiro atoms. The van der Waals surface area contributed by atoms with Crippen LogP contribution in [0.3, 0.4) is 0 Å². The van der Waals surface area contributed by atoms with Crippen LogP contribution < -0.4 is 16.4 Å². The number of pyridine rings is 1. The van der Waals surface area contributed by atoms with E-state index in [1.807, 2.05) is 22.6 Å². The average molecular weight is 568 g/mol. The van der Waals surface area contributed by atoms with Crippen molar-refractivity contribution < 1.29 is 22.4 Å². The second-order valence-electron chi connectivity index (χ2n) is 6.79. The number of carbonyl (C=O) groups excluding carboxylic acids is 1. The molecule has 0 aliphatic heterocycles. The first-order valence-electron chi connectivity index (χ1n) is 9.52. The first-order valence-corrected chi connectivity index (χ1v) is 10.6. The molecule has 0 unspecified atom stereocenters. The van der Waals surface area contributed by atoms with Gasteiger partial charge >= 0.3 is 0 Å². The van der Waals surface area contributed by atoms with Crippen LogP contribution in [0.4, 0.5) is 34.8 Å². The quantitative estimate of drug-likeness (QED) is 0.224. The lowest BCUT2D eigenvalue weighted by Gasteiger charge is -2.17. The highest BCUT2D eigenvalue weighted by Gasteiger charge is 2.24. The second kappa shape index (κ2) is 10.5. The lowest BCUT2D eigenvalue weighted by Crippen LogP contribution is -2.25. The number of anilines is 3. The zero-order chi connectivity index (χ0) is 24.1. The van der Waals surface area contributed by atoms with E-state index in [0.29, 0.717) is 3.57 Å². The van der Waals surface area contributed by atoms with Gasteiger partial charge in [-0.15, -0.1) is 5.92 Å². The summed E-state index contributed by atoms with van der Waals surface area (Å²) >= 11 is 1.90. The number of aromatic nitrogens is 1. The van der Waals surface area contributed by atoms with Crippen LogP contribution in [-0.2, 0) is 6.42 Å². The van der Waals surface area contributed by atoms with Crippen molar-refractivity contribution in [2.45, 2.75) is 13.3 Å². The maximum atomic E-state index is 15.2. The van der Waals surface area contributed by atoms with Gasteiger partial charge in [0, 0.05) is 16.2 Å². The van der Waals surface area contributed by atoms with Gasteiger partial charge in [0.2, 0.25) is 0 Å². The van der Waals surface area contributed by atoms with Gasteiger partial charge in [-0.05, 0) is 71.0 Å². The molecule has 10 heteroatoms. The van der Waals surface area contributed by atoms with Gasteiger partial charge in [0.1, 0.15) is 5.82 Å². The Hall–Kier alpha value is -3.33. The fourth-order valence-electron chi connectivity index (χ4n) is 2.99. The number of hydrogen-bond acceptors (Lipinski definition) is 4. The van der Waals surface area contributed by atoms with Gasteiger partial charge in [0.25, 0.3) is 5.91 Å². The predicted octanol–water partition coefficient (Wildman–Crippen LogP) is 4.91. The summed E-state index contributed by atoms with van der Waals surface area (Å²) in [5.41, 5.74) is 4.10. The molecular formula is C23H17F4IN4O. The number of nitrogen functional groups attached to an aromatic ring is 1. The molecule has 0 fully saturated rings. The standard InChI is InChI=1S/C23H17F4IN4O/c1-2-3-7-31-23(33)15-10-13(9-12-6-8-30-22(29)19(12)26)18(25)20(27)21(15)32-17-5-4-14(28)11-16(17)24/h4-6,8,10-11,32H,7,9H2,1H3,(H2,29,30)(H,31,33). The van der Waals surface area contributed by atoms with Gasteiger partial charge in [0.15, 0.2) is 23.3 Å². The topological polar surface area (TPSA) is 80.0 Å². The number of benzene rings is 2. The monoisotopic (exact) mass is 568 g/mol. The van der Waals surface area contributed by atoms with Crippen LogP contribution in [0.5, 0.6) is 0 Å². The molecule has 0 saturated heterocycles. The third-order valence-corrected chi connectivity index (χ3v) is 5.28. The number of rotatable bonds is 6. The van der Waals surface area contributed by atoms with Crippen LogP contribution in [0.1, 0.15) is 28.4 Å². The van der Waals surface area contributed by atoms with Crippen LogP contribution >= 0.6 is 22.6 Å². The fourth-order valence-corrected chi connectivity index (χ4v) is 3.44. The number of nitrogens with one attached hydrogen (secondary N) is 2. The molecule has 4 N–H and O–H groups in total. The van der Waals surface area contributed by atoms with Crippen molar-refractivity contribution in [1.82, 2.24) is 10.3 Å². The molecule has 5 nitrogen and oxygen atoms in total. The Balaban J connectivity index is 2.10. The second-order valence-corrected chi connectivity index (χ2v) is 8.04. The molecule has 1 aromatic heterocycles. The van der Waals surface area contributed by atoms with Crippen molar-refractivity contribution >= 4 is 45.7 Å². The van der Waals surface area contributed by atoms with E-state index in [9.17, 15) is 18.0 Å². The maximum absolute atomic E-state index is 15.2. The van der Waals surface area contributed by atoms with Crippen LogP contribution in [0, 0.1) is 38.7 Å². The van der Waals surface area contributed by atoms with Gasteiger partial charge < -0.3 is 16.4 Å². The highest BCUT2D eigenvalue weighted by Crippen LogP contribution is 2.32. The average Bonchev–Trinajstić information content (AvgIpc) is 2.78. The van der Waals surface area contributed by atoms with Gasteiger partial charge in [0.05, 0.1) is 23.5 Å². The predicted molar refractivity (Wildman–Crippen MR) is 126 cm³/mol. The molecule has 0 radical (unpaired) electrons. The van der Waals surface area contributed by atoms with Crippen molar-refractivity contribution in [2.24, 2.45) is 0 Å². The van der Waals surface area contributed by atoms with Gasteiger partial charge in [-0.2, -0.15) is 0 Å². The molecule has 3 rings (SSSR count). The van der Waals surface area contributed by atoms with E-state index in [2.05, 4.69) is 27.5 Å². The van der Waals surface area contributed by atoms with Gasteiger partial charge in [-0.25, -0.2) is 22.5 Å². The highest BCUT2D eigenvalue weighted by atomic mass is 127. The number of carbonyl (C=O) groups is 1. The SMILES string of the molecule is CC#CCNC(=O)c1cc(Cc2ccnc(N)c2F)c(F)c(F)c1Nc1ccc(I)cc1F. The first kappa shape index (κ1) is 24.3. The van der Waals surface area contributed by atoms with Gasteiger partial charge in [-0.1, -0.05) is 5.92 Å². The van der Waals surface area contributed by atoms with Crippen LogP contribution in [-0.4, -0.2) is 17.4 Å². The van der Waals surface area contributed by atoms with E-state index in [1.54, 1.807) is 13.0 Å². The van der Waals surface area contributed by atoms with E-state index < -0.39 is 47.1 Å². The minimum Gasteiger partial charge on any atom is -0.381 e. The minimum absolute atomic E-state index is 0.0339. The Kier molecular flexibility index (Phi) is 7.75. The van der Waals surface area contributed by atoms with E-state index in [1.165, 1.54) is 24.4 Å². The van der Waals surface area contributed by atoms with E-state index in [0.717, 1.165) is 6.07 Å². The molecule has 33 heavy (non-hydrogen) atoms. The number of halogens is 5. The summed E-state index contributed by atoms with van der Waals surface area (Å²) in [6, 6.07) is 6.44. The first-order chi connectivity index (χ1) is 15.7. The summed E-state index contributed by atoms with van der Waals surface area (Å²) in [6.07, 6.45) is 0.836. The number of nitrogens with two attached hydrogens (primary N) is 1. The zero-order valence-electron chi connectivity index (χ0n) is 17.2. The van der Waals surface area contributed by atoms with Crippen molar-refractivity contribution in [1.29, 1.82) is 0 Å². The normalized spacial score (nSPS) is 10.4. The fraction of sp³-hybridized carbons (Fsp3) is 0.130. The molecular weight excluding hydrogens is 551 g/mol. The van der Waals surface area contributed by atoms with Crippen molar-refractivity contribution in [3.8, 4) is 11.8 Å². The summed E-state index contributed by atoms with van der Waals surface area (Å²) in [5, 5.41) is 4.93. The smallest absolute Gasteiger partial charge is 0.254 e. The Labute approximate surface area is 200 Å². The molecule has 0 atom stereocenters. The van der Waals surface area contributed by atoms with Crippen LogP contribution in [0.2, 0.25) is 0 Å². The summed E-state index contributed by atoms with van der Waals surface area (Å²) < 4.78 is 59.3. The molecule has 0 aliphatic carbocycles. The Morgan fingerprint density at radius 3 is 2.55 bits per heavy atom. The van der Waals surface area contributed by atoms with E-state index >= 15 is 4.39 Å². The zero-order valence-corrected chi connectivity index (χ0v) is 19.4. The minimum atomic E-state index is -1.42. The molecule has 170 valence electrons. The molecule has 1 amide bonds. The Morgan fingerprint density at radius 2 is 1.85 bits per heavy atom. The van der Waals surface area contributed by atoms with Crippen LogP contribution in [0.15, 0.2) is 36.5 Å². The van der Waals surface area contributed by atoms with E-state index in [-0.39, 0.29) is 28.9 Å². The lowest BCUT2D eigenvalue weighted by molar-refractivity contribution is 0.0959. The number of hydrogen-bond donors (Lipinski definition) is 3. The van der Waals surface area contributed by atoms with Crippen molar-refractivity contribution in [3.63, 3.8) is 0 Å². The summed E-state index contributed by atoms with van der Waals surface area (Å²) in [6.45, 7) is 1.53. The number of nitrogens with zero attached hydrogens (tertiary/aromatic N) is 1. The highest BCUT2D eigenvalue weighted by molar-refractivity contribution is 14.1. The Morgan fingerprint density at radius 1 is 1.09 bits per heavy atom.